The standard InChI is InChI=1S/C11H23N5O3/c12-6-2-1-5-9(17)16-8(10(18)19)4-3-7-15-11(13)14/h8H,1-7,12H2,(H,16,17)(H,18,19)(H4,13,14,15). The maximum absolute atomic E-state index is 11.5. The zero-order chi connectivity index (χ0) is 14.7. The molecule has 8 N–H and O–H groups in total. The average molecular weight is 273 g/mol. The molecule has 0 rings (SSSR count). The third kappa shape index (κ3) is 9.83. The molecule has 0 aliphatic rings. The lowest BCUT2D eigenvalue weighted by atomic mass is 10.1. The first-order valence-corrected chi connectivity index (χ1v) is 6.27. The van der Waals surface area contributed by atoms with E-state index in [9.17, 15) is 9.59 Å². The molecule has 0 heterocycles. The van der Waals surface area contributed by atoms with Gasteiger partial charge in [-0.3, -0.25) is 10.2 Å². The molecule has 0 fully saturated rings. The molecule has 110 valence electrons. The highest BCUT2D eigenvalue weighted by molar-refractivity contribution is 5.83. The summed E-state index contributed by atoms with van der Waals surface area (Å²) in [6.07, 6.45) is 2.47. The predicted molar refractivity (Wildman–Crippen MR) is 71.6 cm³/mol. The molecule has 0 aromatic carbocycles. The Morgan fingerprint density at radius 2 is 1.95 bits per heavy atom. The number of amides is 1. The number of nitrogens with two attached hydrogens (primary N) is 2. The minimum atomic E-state index is -1.06. The molecule has 0 saturated heterocycles. The number of hydrogen-bond acceptors (Lipinski definition) is 4. The first-order valence-electron chi connectivity index (χ1n) is 6.27. The third-order valence-corrected chi connectivity index (χ3v) is 2.48. The van der Waals surface area contributed by atoms with Gasteiger partial charge in [-0.2, -0.15) is 0 Å². The topological polar surface area (TPSA) is 154 Å². The molecule has 19 heavy (non-hydrogen) atoms. The van der Waals surface area contributed by atoms with Crippen LogP contribution in [0.15, 0.2) is 0 Å². The van der Waals surface area contributed by atoms with Crippen molar-refractivity contribution in [1.82, 2.24) is 10.6 Å². The lowest BCUT2D eigenvalue weighted by Gasteiger charge is -2.14. The number of rotatable bonds is 10. The van der Waals surface area contributed by atoms with Crippen LogP contribution in [0, 0.1) is 5.41 Å². The zero-order valence-corrected chi connectivity index (χ0v) is 10.9. The van der Waals surface area contributed by atoms with Gasteiger partial charge >= 0.3 is 5.97 Å². The fourth-order valence-corrected chi connectivity index (χ4v) is 1.48. The summed E-state index contributed by atoms with van der Waals surface area (Å²) in [6.45, 7) is 0.925. The van der Waals surface area contributed by atoms with E-state index < -0.39 is 12.0 Å². The second kappa shape index (κ2) is 10.1. The Morgan fingerprint density at radius 3 is 2.47 bits per heavy atom. The quantitative estimate of drug-likeness (QED) is 0.169. The minimum absolute atomic E-state index is 0.155. The Hall–Kier alpha value is -1.83. The van der Waals surface area contributed by atoms with E-state index in [1.54, 1.807) is 0 Å². The van der Waals surface area contributed by atoms with Crippen molar-refractivity contribution in [3.8, 4) is 0 Å². The van der Waals surface area contributed by atoms with Gasteiger partial charge in [0.1, 0.15) is 6.04 Å². The molecule has 8 nitrogen and oxygen atoms in total. The van der Waals surface area contributed by atoms with Crippen LogP contribution in [0.1, 0.15) is 32.1 Å². The van der Waals surface area contributed by atoms with E-state index in [4.69, 9.17) is 22.0 Å². The molecule has 0 radical (unpaired) electrons. The fourth-order valence-electron chi connectivity index (χ4n) is 1.48. The summed E-state index contributed by atoms with van der Waals surface area (Å²) in [7, 11) is 0. The smallest absolute Gasteiger partial charge is 0.326 e. The van der Waals surface area contributed by atoms with Crippen molar-refractivity contribution in [2.75, 3.05) is 13.1 Å². The summed E-state index contributed by atoms with van der Waals surface area (Å²) in [5, 5.41) is 21.0. The second-order valence-corrected chi connectivity index (χ2v) is 4.19. The Morgan fingerprint density at radius 1 is 1.26 bits per heavy atom. The highest BCUT2D eigenvalue weighted by Gasteiger charge is 2.18. The molecule has 1 amide bonds. The average Bonchev–Trinajstić information content (AvgIpc) is 2.32. The molecule has 0 spiro atoms. The number of hydrogen-bond donors (Lipinski definition) is 6. The van der Waals surface area contributed by atoms with Gasteiger partial charge in [0.25, 0.3) is 0 Å². The predicted octanol–water partition coefficient (Wildman–Crippen LogP) is -1.05. The Bertz CT molecular complexity index is 309. The maximum atomic E-state index is 11.5. The minimum Gasteiger partial charge on any atom is -0.480 e. The maximum Gasteiger partial charge on any atom is 0.326 e. The van der Waals surface area contributed by atoms with Crippen molar-refractivity contribution in [1.29, 1.82) is 5.41 Å². The van der Waals surface area contributed by atoms with Gasteiger partial charge in [0.05, 0.1) is 0 Å². The molecule has 0 saturated carbocycles. The van der Waals surface area contributed by atoms with Gasteiger partial charge < -0.3 is 27.2 Å². The van der Waals surface area contributed by atoms with Crippen LogP contribution in [0.5, 0.6) is 0 Å². The van der Waals surface area contributed by atoms with Crippen LogP contribution >= 0.6 is 0 Å². The van der Waals surface area contributed by atoms with E-state index in [1.807, 2.05) is 0 Å². The van der Waals surface area contributed by atoms with Gasteiger partial charge in [-0.05, 0) is 32.2 Å². The van der Waals surface area contributed by atoms with Crippen LogP contribution in [0.3, 0.4) is 0 Å². The number of carboxylic acids is 1. The van der Waals surface area contributed by atoms with E-state index >= 15 is 0 Å². The number of guanidine groups is 1. The van der Waals surface area contributed by atoms with Crippen LogP contribution in [-0.4, -0.2) is 42.1 Å². The normalized spacial score (nSPS) is 11.6. The van der Waals surface area contributed by atoms with E-state index in [0.717, 1.165) is 6.42 Å². The molecule has 0 bridgehead atoms. The van der Waals surface area contributed by atoms with Gasteiger partial charge in [-0.1, -0.05) is 0 Å². The summed E-state index contributed by atoms with van der Waals surface area (Å²) in [6, 6.07) is -0.904. The van der Waals surface area contributed by atoms with Crippen LogP contribution < -0.4 is 22.1 Å². The van der Waals surface area contributed by atoms with Crippen LogP contribution in [0.2, 0.25) is 0 Å². The van der Waals surface area contributed by atoms with Crippen molar-refractivity contribution >= 4 is 17.8 Å². The van der Waals surface area contributed by atoms with Crippen molar-refractivity contribution in [2.45, 2.75) is 38.1 Å². The molecular formula is C11H23N5O3. The zero-order valence-electron chi connectivity index (χ0n) is 10.9. The lowest BCUT2D eigenvalue weighted by Crippen LogP contribution is -2.41. The van der Waals surface area contributed by atoms with Gasteiger partial charge in [-0.25, -0.2) is 4.79 Å². The number of aliphatic carboxylic acids is 1. The monoisotopic (exact) mass is 273 g/mol. The van der Waals surface area contributed by atoms with Crippen molar-refractivity contribution in [3.05, 3.63) is 0 Å². The summed E-state index contributed by atoms with van der Waals surface area (Å²) >= 11 is 0. The second-order valence-electron chi connectivity index (χ2n) is 4.19. The number of carbonyl (C=O) groups is 2. The third-order valence-electron chi connectivity index (χ3n) is 2.48. The molecule has 1 unspecified atom stereocenters. The first kappa shape index (κ1) is 17.2. The molecule has 0 aromatic heterocycles. The highest BCUT2D eigenvalue weighted by Crippen LogP contribution is 2.00. The largest absolute Gasteiger partial charge is 0.480 e. The Labute approximate surface area is 112 Å². The number of carboxylic acid groups (broad SMARTS) is 1. The SMILES string of the molecule is N=C(N)NCCCC(NC(=O)CCCCN)C(=O)O. The van der Waals surface area contributed by atoms with Gasteiger partial charge in [-0.15, -0.1) is 0 Å². The lowest BCUT2D eigenvalue weighted by molar-refractivity contribution is -0.142. The van der Waals surface area contributed by atoms with E-state index in [0.29, 0.717) is 25.9 Å². The molecule has 1 atom stereocenters. The summed E-state index contributed by atoms with van der Waals surface area (Å²) in [4.78, 5) is 22.5. The molecule has 0 aromatic rings. The van der Waals surface area contributed by atoms with Crippen molar-refractivity contribution in [3.63, 3.8) is 0 Å². The first-order chi connectivity index (χ1) is 8.97. The number of carbonyl (C=O) groups excluding carboxylic acids is 1. The Kier molecular flexibility index (Phi) is 9.15. The van der Waals surface area contributed by atoms with Crippen molar-refractivity contribution < 1.29 is 14.7 Å². The Balaban J connectivity index is 3.94. The van der Waals surface area contributed by atoms with Crippen LogP contribution in [-0.2, 0) is 9.59 Å². The van der Waals surface area contributed by atoms with Crippen LogP contribution in [0.4, 0.5) is 0 Å². The highest BCUT2D eigenvalue weighted by atomic mass is 16.4. The molecule has 8 heteroatoms. The van der Waals surface area contributed by atoms with E-state index in [2.05, 4.69) is 10.6 Å². The van der Waals surface area contributed by atoms with E-state index in [-0.39, 0.29) is 24.7 Å². The fraction of sp³-hybridized carbons (Fsp3) is 0.727. The molecular weight excluding hydrogens is 250 g/mol. The summed E-state index contributed by atoms with van der Waals surface area (Å²) in [5.74, 6) is -1.49. The van der Waals surface area contributed by atoms with Gasteiger partial charge in [0.2, 0.25) is 5.91 Å². The van der Waals surface area contributed by atoms with E-state index in [1.165, 1.54) is 0 Å². The summed E-state index contributed by atoms with van der Waals surface area (Å²) < 4.78 is 0. The molecule has 0 aliphatic carbocycles. The number of nitrogens with one attached hydrogen (secondary N) is 3. The van der Waals surface area contributed by atoms with Crippen LogP contribution in [0.25, 0.3) is 0 Å². The number of unbranched alkanes of at least 4 members (excludes halogenated alkanes) is 1. The summed E-state index contributed by atoms with van der Waals surface area (Å²) in [5.41, 5.74) is 10.4. The van der Waals surface area contributed by atoms with Gasteiger partial charge in [0.15, 0.2) is 5.96 Å². The van der Waals surface area contributed by atoms with Crippen molar-refractivity contribution in [2.24, 2.45) is 11.5 Å². The molecule has 0 aliphatic heterocycles. The van der Waals surface area contributed by atoms with Gasteiger partial charge in [0, 0.05) is 13.0 Å².